The van der Waals surface area contributed by atoms with E-state index in [0.717, 1.165) is 60.9 Å². The number of ether oxygens (including phenoxy) is 2. The number of esters is 2. The molecule has 3 aromatic rings. The Balaban J connectivity index is 1.15. The molecule has 17 nitrogen and oxygen atoms in total. The number of likely N-dealkylation sites (N-methyl/N-ethyl adjacent to an activating group) is 3. The summed E-state index contributed by atoms with van der Waals surface area (Å²) in [6.07, 6.45) is 0.263. The first-order chi connectivity index (χ1) is 28.7. The number of para-hydroxylation sites is 1. The molecule has 2 aliphatic heterocycles. The summed E-state index contributed by atoms with van der Waals surface area (Å²) in [5.41, 5.74) is 16.1. The first-order valence-electron chi connectivity index (χ1n) is 20.7. The molecule has 0 fully saturated rings. The van der Waals surface area contributed by atoms with Crippen molar-refractivity contribution in [3.8, 4) is 11.4 Å². The van der Waals surface area contributed by atoms with Gasteiger partial charge in [-0.3, -0.25) is 24.1 Å². The molecule has 4 heterocycles. The van der Waals surface area contributed by atoms with Gasteiger partial charge in [-0.25, -0.2) is 9.78 Å². The van der Waals surface area contributed by atoms with Crippen molar-refractivity contribution in [1.82, 2.24) is 34.9 Å². The van der Waals surface area contributed by atoms with E-state index in [0.29, 0.717) is 37.4 Å². The van der Waals surface area contributed by atoms with Crippen LogP contribution in [0.4, 0.5) is 0 Å². The van der Waals surface area contributed by atoms with E-state index >= 15 is 0 Å². The zero-order valence-corrected chi connectivity index (χ0v) is 35.7. The maximum atomic E-state index is 13.9. The van der Waals surface area contributed by atoms with Crippen LogP contribution in [0.3, 0.4) is 0 Å². The van der Waals surface area contributed by atoms with Crippen molar-refractivity contribution >= 4 is 40.9 Å². The third-order valence-corrected chi connectivity index (χ3v) is 11.8. The van der Waals surface area contributed by atoms with E-state index in [4.69, 9.17) is 25.9 Å². The van der Waals surface area contributed by atoms with Gasteiger partial charge in [0.1, 0.15) is 25.0 Å². The quantitative estimate of drug-likeness (QED) is 0.0628. The van der Waals surface area contributed by atoms with Gasteiger partial charge in [0, 0.05) is 68.7 Å². The molecule has 0 saturated carbocycles. The fourth-order valence-electron chi connectivity index (χ4n) is 7.92. The number of aldehydes is 1. The van der Waals surface area contributed by atoms with E-state index in [2.05, 4.69) is 27.4 Å². The third kappa shape index (κ3) is 10.8. The molecule has 2 amide bonds. The van der Waals surface area contributed by atoms with Gasteiger partial charge in [-0.15, -0.1) is 0 Å². The normalized spacial score (nSPS) is 16.4. The summed E-state index contributed by atoms with van der Waals surface area (Å²) in [5, 5.41) is 6.54. The van der Waals surface area contributed by atoms with Gasteiger partial charge >= 0.3 is 11.9 Å². The Bertz CT molecular complexity index is 2110. The lowest BCUT2D eigenvalue weighted by Gasteiger charge is -2.29. The molecule has 1 aromatic carbocycles. The number of nitrogens with one attached hydrogen (secondary N) is 2. The minimum absolute atomic E-state index is 0.0499. The molecule has 2 aliphatic rings. The summed E-state index contributed by atoms with van der Waals surface area (Å²) in [6, 6.07) is 7.40. The number of nitrogens with zero attached hydrogens (tertiary/aromatic N) is 5. The SMILES string of the molecule is CCc1c2c(nc3ccccc13)-c1cc3c(c(=O)n1C2)COC(=O)C3OC(=O)[C@@H](N)C(C)C(CC=O)CCNC(=O)[C@H](C)NC(=O)CN(C)CCN(C)CCN(C)CCN. The second-order valence-corrected chi connectivity index (χ2v) is 16.1. The largest absolute Gasteiger partial charge is 0.458 e. The lowest BCUT2D eigenvalue weighted by Crippen LogP contribution is -2.48. The number of carbonyl (C=O) groups is 5. The summed E-state index contributed by atoms with van der Waals surface area (Å²) in [7, 11) is 5.90. The van der Waals surface area contributed by atoms with Gasteiger partial charge in [-0.1, -0.05) is 32.0 Å². The Morgan fingerprint density at radius 2 is 1.72 bits per heavy atom. The van der Waals surface area contributed by atoms with Crippen LogP contribution in [0, 0.1) is 11.8 Å². The monoisotopic (exact) mass is 831 g/mol. The molecule has 6 N–H and O–H groups in total. The van der Waals surface area contributed by atoms with Crippen molar-refractivity contribution in [1.29, 1.82) is 0 Å². The molecule has 2 aromatic heterocycles. The Hall–Kier alpha value is -5.07. The number of pyridine rings is 2. The van der Waals surface area contributed by atoms with Gasteiger partial charge in [0.15, 0.2) is 0 Å². The zero-order chi connectivity index (χ0) is 43.7. The van der Waals surface area contributed by atoms with Crippen molar-refractivity contribution in [2.75, 3.05) is 73.5 Å². The van der Waals surface area contributed by atoms with Gasteiger partial charge in [0.05, 0.1) is 35.6 Å². The Morgan fingerprint density at radius 3 is 2.40 bits per heavy atom. The average Bonchev–Trinajstić information content (AvgIpc) is 3.59. The Morgan fingerprint density at radius 1 is 1.03 bits per heavy atom. The van der Waals surface area contributed by atoms with Crippen LogP contribution in [0.15, 0.2) is 35.1 Å². The van der Waals surface area contributed by atoms with Crippen LogP contribution in [-0.4, -0.2) is 140 Å². The van der Waals surface area contributed by atoms with E-state index in [1.807, 2.05) is 50.3 Å². The molecule has 60 heavy (non-hydrogen) atoms. The molecule has 326 valence electrons. The maximum absolute atomic E-state index is 13.9. The summed E-state index contributed by atoms with van der Waals surface area (Å²) in [5.74, 6) is -3.47. The van der Waals surface area contributed by atoms with E-state index in [-0.39, 0.29) is 48.7 Å². The fourth-order valence-corrected chi connectivity index (χ4v) is 7.92. The van der Waals surface area contributed by atoms with Crippen molar-refractivity contribution in [2.24, 2.45) is 23.3 Å². The molecular formula is C43H61N9O8. The van der Waals surface area contributed by atoms with Crippen LogP contribution in [0.25, 0.3) is 22.3 Å². The molecule has 0 radical (unpaired) electrons. The summed E-state index contributed by atoms with van der Waals surface area (Å²) < 4.78 is 12.7. The highest BCUT2D eigenvalue weighted by Crippen LogP contribution is 2.39. The predicted molar refractivity (Wildman–Crippen MR) is 227 cm³/mol. The van der Waals surface area contributed by atoms with Crippen molar-refractivity contribution in [2.45, 2.75) is 71.4 Å². The second-order valence-electron chi connectivity index (χ2n) is 16.1. The minimum atomic E-state index is -1.53. The molecule has 5 rings (SSSR count). The number of cyclic esters (lactones) is 1. The molecule has 17 heteroatoms. The standard InChI is InChI=1S/C43H61N9O8/c1-7-29-30-10-8-9-11-34(30)48-38-32(29)23-52-35(38)22-31-33(41(52)56)25-59-43(58)39(31)60-42(57)37(45)26(2)28(13-21-53)12-15-46-40(55)27(3)47-36(54)24-51(6)20-19-50(5)18-17-49(4)16-14-44/h8-11,21-22,26-28,37,39H,7,12-20,23-25,44-45H2,1-6H3,(H,46,55)(H,47,54)/t26?,27-,28?,37-,39?/m0/s1. The van der Waals surface area contributed by atoms with Crippen LogP contribution in [-0.2, 0) is 53.0 Å². The molecule has 0 spiro atoms. The van der Waals surface area contributed by atoms with Crippen LogP contribution < -0.4 is 27.7 Å². The van der Waals surface area contributed by atoms with Crippen LogP contribution in [0.2, 0.25) is 0 Å². The van der Waals surface area contributed by atoms with Gasteiger partial charge in [-0.05, 0) is 70.4 Å². The van der Waals surface area contributed by atoms with E-state index in [1.165, 1.54) is 0 Å². The zero-order valence-electron chi connectivity index (χ0n) is 35.7. The molecule has 3 unspecified atom stereocenters. The van der Waals surface area contributed by atoms with Crippen LogP contribution >= 0.6 is 0 Å². The number of hydrogen-bond acceptors (Lipinski definition) is 14. The highest BCUT2D eigenvalue weighted by Gasteiger charge is 2.40. The summed E-state index contributed by atoms with van der Waals surface area (Å²) in [6.45, 7) is 10.3. The van der Waals surface area contributed by atoms with Gasteiger partial charge in [0.2, 0.25) is 17.9 Å². The average molecular weight is 832 g/mol. The van der Waals surface area contributed by atoms with E-state index < -0.39 is 47.9 Å². The molecule has 5 atom stereocenters. The number of aryl methyl sites for hydroxylation is 1. The molecule has 0 saturated heterocycles. The van der Waals surface area contributed by atoms with Crippen molar-refractivity contribution in [3.05, 3.63) is 62.9 Å². The number of rotatable bonds is 22. The van der Waals surface area contributed by atoms with Gasteiger partial charge in [0.25, 0.3) is 5.56 Å². The number of amides is 2. The molecular weight excluding hydrogens is 771 g/mol. The number of aromatic nitrogens is 2. The third-order valence-electron chi connectivity index (χ3n) is 11.8. The molecule has 0 bridgehead atoms. The highest BCUT2D eigenvalue weighted by molar-refractivity contribution is 5.89. The lowest BCUT2D eigenvalue weighted by atomic mass is 9.83. The van der Waals surface area contributed by atoms with E-state index in [9.17, 15) is 28.8 Å². The summed E-state index contributed by atoms with van der Waals surface area (Å²) >= 11 is 0. The first kappa shape index (κ1) is 46.0. The van der Waals surface area contributed by atoms with E-state index in [1.54, 1.807) is 24.5 Å². The first-order valence-corrected chi connectivity index (χ1v) is 20.7. The summed E-state index contributed by atoms with van der Waals surface area (Å²) in [4.78, 5) is 89.1. The smallest absolute Gasteiger partial charge is 0.352 e. The second kappa shape index (κ2) is 20.9. The molecule has 0 aliphatic carbocycles. The van der Waals surface area contributed by atoms with Crippen molar-refractivity contribution < 1.29 is 33.4 Å². The van der Waals surface area contributed by atoms with Crippen LogP contribution in [0.1, 0.15) is 62.0 Å². The van der Waals surface area contributed by atoms with Gasteiger partial charge < -0.3 is 50.7 Å². The number of carbonyl (C=O) groups excluding carboxylic acids is 5. The Labute approximate surface area is 351 Å². The predicted octanol–water partition coefficient (Wildman–Crippen LogP) is 0.562. The number of hydrogen-bond donors (Lipinski definition) is 4. The maximum Gasteiger partial charge on any atom is 0.352 e. The lowest BCUT2D eigenvalue weighted by molar-refractivity contribution is -0.173. The number of benzene rings is 1. The van der Waals surface area contributed by atoms with Gasteiger partial charge in [-0.2, -0.15) is 0 Å². The topological polar surface area (TPSA) is 225 Å². The highest BCUT2D eigenvalue weighted by atomic mass is 16.6. The fraction of sp³-hybridized carbons (Fsp3) is 0.558. The number of fused-ring (bicyclic) bond motifs is 5. The van der Waals surface area contributed by atoms with Crippen LogP contribution in [0.5, 0.6) is 0 Å². The van der Waals surface area contributed by atoms with Crippen molar-refractivity contribution in [3.63, 3.8) is 0 Å². The Kier molecular flexibility index (Phi) is 16.1. The minimum Gasteiger partial charge on any atom is -0.458 e. The number of nitrogens with two attached hydrogens (primary N) is 2.